The number of carbonyl (C=O) groups excluding carboxylic acids is 3. The molecule has 2 aliphatic rings. The van der Waals surface area contributed by atoms with E-state index in [1.807, 2.05) is 0 Å². The van der Waals surface area contributed by atoms with Crippen molar-refractivity contribution in [2.75, 3.05) is 25.5 Å². The van der Waals surface area contributed by atoms with Gasteiger partial charge >= 0.3 is 17.8 Å². The number of fused-ring (bicyclic) bond motifs is 1. The van der Waals surface area contributed by atoms with Crippen LogP contribution in [0.1, 0.15) is 67.9 Å². The van der Waals surface area contributed by atoms with Gasteiger partial charge in [-0.15, -0.1) is 0 Å². The van der Waals surface area contributed by atoms with Crippen molar-refractivity contribution in [2.45, 2.75) is 65.1 Å². The molecule has 1 saturated heterocycles. The van der Waals surface area contributed by atoms with Crippen LogP contribution in [-0.4, -0.2) is 52.1 Å². The normalized spacial score (nSPS) is 16.7. The van der Waals surface area contributed by atoms with Gasteiger partial charge in [0.25, 0.3) is 5.56 Å². The van der Waals surface area contributed by atoms with Gasteiger partial charge in [-0.25, -0.2) is 18.8 Å². The number of hydrogen-bond acceptors (Lipinski definition) is 6. The average molecular weight is 608 g/mol. The maximum atomic E-state index is 15.3. The number of alkyl carbamates (subject to hydrolysis) is 1. The summed E-state index contributed by atoms with van der Waals surface area (Å²) in [4.78, 5) is 65.6. The quantitative estimate of drug-likeness (QED) is 0.340. The first kappa shape index (κ1) is 31.0. The number of ketones is 1. The number of carbonyl (C=O) groups is 3. The fourth-order valence-electron chi connectivity index (χ4n) is 5.76. The average Bonchev–Trinajstić information content (AvgIpc) is 3.83. The van der Waals surface area contributed by atoms with Crippen molar-refractivity contribution >= 4 is 34.5 Å². The van der Waals surface area contributed by atoms with E-state index in [0.717, 1.165) is 30.9 Å². The lowest BCUT2D eigenvalue weighted by Crippen LogP contribution is -2.43. The SMILES string of the molecule is COC(=O)NCc1ccc(C(=O)CC2CCCN(C(=O)Nc3cc4c(=O)n(CC5CC5)c(=O)n(C(C)C)c4cc3F)C2)cc1. The van der Waals surface area contributed by atoms with Crippen molar-refractivity contribution in [2.24, 2.45) is 11.8 Å². The molecule has 1 aromatic heterocycles. The number of anilines is 1. The number of Topliss-reactive ketones (excluding diaryl/α,β-unsaturated/α-hetero) is 1. The number of amides is 3. The van der Waals surface area contributed by atoms with Gasteiger partial charge in [-0.1, -0.05) is 24.3 Å². The largest absolute Gasteiger partial charge is 0.453 e. The molecule has 1 aliphatic heterocycles. The minimum Gasteiger partial charge on any atom is -0.453 e. The summed E-state index contributed by atoms with van der Waals surface area (Å²) in [6.07, 6.45) is 3.09. The number of likely N-dealkylation sites (tertiary alicyclic amines) is 1. The molecule has 2 heterocycles. The summed E-state index contributed by atoms with van der Waals surface area (Å²) in [6, 6.07) is 8.61. The van der Waals surface area contributed by atoms with Crippen molar-refractivity contribution in [3.8, 4) is 0 Å². The highest BCUT2D eigenvalue weighted by Gasteiger charge is 2.28. The van der Waals surface area contributed by atoms with E-state index in [2.05, 4.69) is 15.4 Å². The van der Waals surface area contributed by atoms with Crippen molar-refractivity contribution in [3.63, 3.8) is 0 Å². The molecule has 2 aromatic carbocycles. The number of rotatable bonds is 9. The number of piperidine rings is 1. The predicted molar refractivity (Wildman–Crippen MR) is 163 cm³/mol. The number of urea groups is 1. The van der Waals surface area contributed by atoms with Crippen molar-refractivity contribution in [1.29, 1.82) is 0 Å². The lowest BCUT2D eigenvalue weighted by Gasteiger charge is -2.32. The third kappa shape index (κ3) is 6.84. The number of aromatic nitrogens is 2. The molecule has 0 spiro atoms. The molecule has 0 bridgehead atoms. The zero-order valence-corrected chi connectivity index (χ0v) is 25.2. The van der Waals surface area contributed by atoms with Gasteiger partial charge in [-0.3, -0.25) is 18.7 Å². The van der Waals surface area contributed by atoms with E-state index < -0.39 is 29.2 Å². The first-order chi connectivity index (χ1) is 21.0. The summed E-state index contributed by atoms with van der Waals surface area (Å²) in [6.45, 7) is 4.99. The Morgan fingerprint density at radius 3 is 2.43 bits per heavy atom. The molecule has 44 heavy (non-hydrogen) atoms. The molecule has 2 N–H and O–H groups in total. The highest BCUT2D eigenvalue weighted by Crippen LogP contribution is 2.30. The molecule has 1 saturated carbocycles. The fourth-order valence-corrected chi connectivity index (χ4v) is 5.76. The molecule has 12 heteroatoms. The molecule has 1 unspecified atom stereocenters. The van der Waals surface area contributed by atoms with E-state index in [1.165, 1.54) is 22.3 Å². The molecule has 2 fully saturated rings. The summed E-state index contributed by atoms with van der Waals surface area (Å²) in [7, 11) is 1.29. The highest BCUT2D eigenvalue weighted by atomic mass is 19.1. The number of ether oxygens (including phenoxy) is 1. The molecule has 0 radical (unpaired) electrons. The van der Waals surface area contributed by atoms with Crippen LogP contribution < -0.4 is 21.9 Å². The standard InChI is InChI=1S/C32H38FN5O6/c1-19(2)38-27-15-25(33)26(14-24(27)29(40)37(32(38)43)18-21-6-7-21)35-30(41)36-12-4-5-22(17-36)13-28(39)23-10-8-20(9-11-23)16-34-31(42)44-3/h8-11,14-15,19,21-22H,4-7,12-13,16-18H2,1-3H3,(H,34,42)(H,35,41). The number of nitrogens with zero attached hydrogens (tertiary/aromatic N) is 3. The fraction of sp³-hybridized carbons (Fsp3) is 0.469. The van der Waals surface area contributed by atoms with Crippen LogP contribution in [0, 0.1) is 17.7 Å². The molecule has 11 nitrogen and oxygen atoms in total. The first-order valence-electron chi connectivity index (χ1n) is 15.0. The van der Waals surface area contributed by atoms with Gasteiger partial charge < -0.3 is 20.3 Å². The summed E-state index contributed by atoms with van der Waals surface area (Å²) >= 11 is 0. The van der Waals surface area contributed by atoms with Crippen LogP contribution in [0.4, 0.5) is 19.7 Å². The van der Waals surface area contributed by atoms with E-state index in [9.17, 15) is 24.0 Å². The molecular weight excluding hydrogens is 569 g/mol. The van der Waals surface area contributed by atoms with E-state index >= 15 is 4.39 Å². The van der Waals surface area contributed by atoms with Gasteiger partial charge in [0.15, 0.2) is 5.78 Å². The van der Waals surface area contributed by atoms with Crippen LogP contribution in [0.2, 0.25) is 0 Å². The highest BCUT2D eigenvalue weighted by molar-refractivity contribution is 5.96. The minimum absolute atomic E-state index is 0.0519. The molecule has 5 rings (SSSR count). The van der Waals surface area contributed by atoms with Crippen LogP contribution in [0.5, 0.6) is 0 Å². The third-order valence-corrected chi connectivity index (χ3v) is 8.33. The number of hydrogen-bond donors (Lipinski definition) is 2. The lowest BCUT2D eigenvalue weighted by atomic mass is 9.91. The zero-order chi connectivity index (χ0) is 31.5. The Morgan fingerprint density at radius 2 is 1.77 bits per heavy atom. The van der Waals surface area contributed by atoms with Crippen LogP contribution in [0.15, 0.2) is 46.0 Å². The second-order valence-electron chi connectivity index (χ2n) is 12.0. The van der Waals surface area contributed by atoms with Crippen LogP contribution in [0.3, 0.4) is 0 Å². The Bertz CT molecular complexity index is 1690. The minimum atomic E-state index is -0.743. The smallest absolute Gasteiger partial charge is 0.407 e. The van der Waals surface area contributed by atoms with E-state index in [-0.39, 0.29) is 53.2 Å². The van der Waals surface area contributed by atoms with Gasteiger partial charge in [0, 0.05) is 50.3 Å². The zero-order valence-electron chi connectivity index (χ0n) is 25.2. The van der Waals surface area contributed by atoms with Crippen molar-refractivity contribution in [1.82, 2.24) is 19.4 Å². The molecule has 1 atom stereocenters. The van der Waals surface area contributed by atoms with Gasteiger partial charge in [0.1, 0.15) is 5.82 Å². The molecular formula is C32H38FN5O6. The van der Waals surface area contributed by atoms with Crippen molar-refractivity contribution < 1.29 is 23.5 Å². The van der Waals surface area contributed by atoms with E-state index in [1.54, 1.807) is 43.0 Å². The summed E-state index contributed by atoms with van der Waals surface area (Å²) < 4.78 is 22.5. The van der Waals surface area contributed by atoms with Crippen LogP contribution in [0.25, 0.3) is 10.9 Å². The van der Waals surface area contributed by atoms with Crippen LogP contribution in [-0.2, 0) is 17.8 Å². The van der Waals surface area contributed by atoms with Gasteiger partial charge in [-0.2, -0.15) is 0 Å². The third-order valence-electron chi connectivity index (χ3n) is 8.33. The van der Waals surface area contributed by atoms with Gasteiger partial charge in [0.2, 0.25) is 0 Å². The Morgan fingerprint density at radius 1 is 1.05 bits per heavy atom. The first-order valence-corrected chi connectivity index (χ1v) is 15.0. The summed E-state index contributed by atoms with van der Waals surface area (Å²) in [5, 5.41) is 5.38. The number of halogens is 1. The molecule has 3 amide bonds. The maximum Gasteiger partial charge on any atom is 0.407 e. The van der Waals surface area contributed by atoms with Gasteiger partial charge in [0.05, 0.1) is 23.7 Å². The molecule has 234 valence electrons. The lowest BCUT2D eigenvalue weighted by molar-refractivity contribution is 0.0931. The topological polar surface area (TPSA) is 132 Å². The summed E-state index contributed by atoms with van der Waals surface area (Å²) in [5.41, 5.74) is 0.476. The Kier molecular flexibility index (Phi) is 9.17. The maximum absolute atomic E-state index is 15.3. The van der Waals surface area contributed by atoms with E-state index in [0.29, 0.717) is 31.6 Å². The van der Waals surface area contributed by atoms with E-state index in [4.69, 9.17) is 0 Å². The number of nitrogens with one attached hydrogen (secondary N) is 2. The Labute approximate surface area is 254 Å². The molecule has 1 aliphatic carbocycles. The summed E-state index contributed by atoms with van der Waals surface area (Å²) in [5.74, 6) is -0.581. The van der Waals surface area contributed by atoms with Crippen LogP contribution >= 0.6 is 0 Å². The van der Waals surface area contributed by atoms with Gasteiger partial charge in [-0.05, 0) is 63.0 Å². The monoisotopic (exact) mass is 607 g/mol. The molecule has 3 aromatic rings. The Hall–Kier alpha value is -4.48. The van der Waals surface area contributed by atoms with Crippen molar-refractivity contribution in [3.05, 3.63) is 74.2 Å². The number of benzene rings is 2. The predicted octanol–water partition coefficient (Wildman–Crippen LogP) is 4.67. The Balaban J connectivity index is 1.27. The number of methoxy groups -OCH3 is 1. The second-order valence-corrected chi connectivity index (χ2v) is 12.0. The second kappa shape index (κ2) is 13.0.